The van der Waals surface area contributed by atoms with Gasteiger partial charge in [-0.2, -0.15) is 0 Å². The van der Waals surface area contributed by atoms with Crippen LogP contribution in [0.4, 0.5) is 0 Å². The Labute approximate surface area is 229 Å². The summed E-state index contributed by atoms with van der Waals surface area (Å²) in [7, 11) is 0. The van der Waals surface area contributed by atoms with Gasteiger partial charge in [0.1, 0.15) is 6.61 Å². The molecule has 37 heavy (non-hydrogen) atoms. The van der Waals surface area contributed by atoms with Gasteiger partial charge >= 0.3 is 5.97 Å². The molecule has 0 saturated carbocycles. The number of nitrogens with one attached hydrogen (secondary N) is 1. The number of aromatic carboxylic acids is 1. The van der Waals surface area contributed by atoms with Gasteiger partial charge in [0.15, 0.2) is 23.1 Å². The summed E-state index contributed by atoms with van der Waals surface area (Å²) in [6.45, 7) is 2.56. The van der Waals surface area contributed by atoms with Crippen LogP contribution < -0.4 is 14.8 Å². The second-order valence-corrected chi connectivity index (χ2v) is 10.6. The van der Waals surface area contributed by atoms with Gasteiger partial charge in [-0.15, -0.1) is 0 Å². The van der Waals surface area contributed by atoms with Gasteiger partial charge in [0.25, 0.3) is 0 Å². The molecule has 0 saturated heterocycles. The van der Waals surface area contributed by atoms with Crippen LogP contribution in [0.5, 0.6) is 11.5 Å². The van der Waals surface area contributed by atoms with Gasteiger partial charge in [-0.3, -0.25) is 9.59 Å². The van der Waals surface area contributed by atoms with Crippen LogP contribution in [0.25, 0.3) is 0 Å². The van der Waals surface area contributed by atoms with Crippen molar-refractivity contribution < 1.29 is 29.0 Å². The maximum absolute atomic E-state index is 13.2. The van der Waals surface area contributed by atoms with Crippen LogP contribution in [0, 0.1) is 3.57 Å². The fraction of sp³-hybridized carbons (Fsp3) is 0.345. The predicted molar refractivity (Wildman–Crippen MR) is 146 cm³/mol. The molecule has 2 aliphatic carbocycles. The van der Waals surface area contributed by atoms with E-state index in [1.807, 2.05) is 19.1 Å². The summed E-state index contributed by atoms with van der Waals surface area (Å²) < 4.78 is 13.0. The number of ketones is 2. The molecule has 1 heterocycles. The Morgan fingerprint density at radius 2 is 1.59 bits per heavy atom. The van der Waals surface area contributed by atoms with Crippen LogP contribution in [-0.2, 0) is 16.2 Å². The summed E-state index contributed by atoms with van der Waals surface area (Å²) >= 11 is 2.21. The van der Waals surface area contributed by atoms with Gasteiger partial charge in [-0.25, -0.2) is 4.79 Å². The van der Waals surface area contributed by atoms with Crippen molar-refractivity contribution in [1.82, 2.24) is 5.32 Å². The van der Waals surface area contributed by atoms with Crippen LogP contribution in [0.1, 0.15) is 72.9 Å². The average Bonchev–Trinajstić information content (AvgIpc) is 2.87. The second-order valence-electron chi connectivity index (χ2n) is 9.45. The number of dihydropyridines is 1. The molecule has 5 rings (SSSR count). The SMILES string of the molecule is CCOc1cc(C2C3=C(CCCC3=O)NC3=C2C(=O)CCC3)cc(I)c1OCc1ccc(C(=O)O)cc1. The first-order valence-electron chi connectivity index (χ1n) is 12.6. The Bertz CT molecular complexity index is 1300. The number of carboxylic acid groups (broad SMARTS) is 1. The molecule has 2 aromatic carbocycles. The van der Waals surface area contributed by atoms with Crippen LogP contribution in [0.2, 0.25) is 0 Å². The lowest BCUT2D eigenvalue weighted by Gasteiger charge is -2.37. The molecule has 0 bridgehead atoms. The summed E-state index contributed by atoms with van der Waals surface area (Å²) in [5.41, 5.74) is 5.24. The summed E-state index contributed by atoms with van der Waals surface area (Å²) in [6.07, 6.45) is 4.22. The predicted octanol–water partition coefficient (Wildman–Crippen LogP) is 5.67. The van der Waals surface area contributed by atoms with Crippen LogP contribution in [0.3, 0.4) is 0 Å². The van der Waals surface area contributed by atoms with Crippen molar-refractivity contribution >= 4 is 40.1 Å². The molecule has 0 amide bonds. The van der Waals surface area contributed by atoms with Gasteiger partial charge < -0.3 is 19.9 Å². The van der Waals surface area contributed by atoms with Crippen molar-refractivity contribution in [3.05, 3.63) is 79.2 Å². The van der Waals surface area contributed by atoms with E-state index in [0.717, 1.165) is 51.8 Å². The van der Waals surface area contributed by atoms with Gasteiger partial charge in [0.05, 0.1) is 15.7 Å². The van der Waals surface area contributed by atoms with E-state index in [2.05, 4.69) is 27.9 Å². The van der Waals surface area contributed by atoms with Crippen molar-refractivity contribution in [3.8, 4) is 11.5 Å². The van der Waals surface area contributed by atoms with E-state index in [-0.39, 0.29) is 23.7 Å². The number of hydrogen-bond donors (Lipinski definition) is 2. The Morgan fingerprint density at radius 1 is 0.973 bits per heavy atom. The number of halogens is 1. The molecule has 0 fully saturated rings. The molecule has 2 aromatic rings. The standard InChI is InChI=1S/C29H28INO6/c1-2-36-24-14-18(13-19(30)28(24)37-15-16-9-11-17(12-10-16)29(34)35)25-26-20(5-3-7-22(26)32)31-21-6-4-8-23(33)27(21)25/h9-14,25,31H,2-8,15H2,1H3,(H,34,35). The van der Waals surface area contributed by atoms with Crippen LogP contribution >= 0.6 is 22.6 Å². The van der Waals surface area contributed by atoms with Crippen molar-refractivity contribution in [2.24, 2.45) is 0 Å². The summed E-state index contributed by atoms with van der Waals surface area (Å²) in [4.78, 5) is 37.4. The smallest absolute Gasteiger partial charge is 0.335 e. The van der Waals surface area contributed by atoms with E-state index < -0.39 is 11.9 Å². The Morgan fingerprint density at radius 3 is 2.16 bits per heavy atom. The Hall–Kier alpha value is -3.14. The summed E-state index contributed by atoms with van der Waals surface area (Å²) in [5, 5.41) is 12.6. The highest BCUT2D eigenvalue weighted by atomic mass is 127. The molecule has 8 heteroatoms. The molecular formula is C29H28INO6. The summed E-state index contributed by atoms with van der Waals surface area (Å²) in [5.74, 6) is -0.0453. The zero-order valence-electron chi connectivity index (χ0n) is 20.6. The van der Waals surface area contributed by atoms with E-state index in [4.69, 9.17) is 14.6 Å². The third-order valence-corrected chi connectivity index (χ3v) is 7.84. The fourth-order valence-corrected chi connectivity index (χ4v) is 6.15. The topological polar surface area (TPSA) is 102 Å². The number of ether oxygens (including phenoxy) is 2. The monoisotopic (exact) mass is 613 g/mol. The lowest BCUT2D eigenvalue weighted by atomic mass is 9.71. The molecule has 0 radical (unpaired) electrons. The molecule has 2 N–H and O–H groups in total. The number of carbonyl (C=O) groups is 3. The normalized spacial score (nSPS) is 17.8. The molecule has 0 aromatic heterocycles. The maximum atomic E-state index is 13.2. The molecule has 0 atom stereocenters. The number of hydrogen-bond acceptors (Lipinski definition) is 6. The van der Waals surface area contributed by atoms with Gasteiger partial charge in [0.2, 0.25) is 0 Å². The maximum Gasteiger partial charge on any atom is 0.335 e. The minimum atomic E-state index is -0.974. The quantitative estimate of drug-likeness (QED) is 0.389. The van der Waals surface area contributed by atoms with Gasteiger partial charge in [-0.1, -0.05) is 12.1 Å². The van der Waals surface area contributed by atoms with Crippen molar-refractivity contribution in [2.75, 3.05) is 6.61 Å². The zero-order valence-corrected chi connectivity index (χ0v) is 22.7. The lowest BCUT2D eigenvalue weighted by molar-refractivity contribution is -0.117. The van der Waals surface area contributed by atoms with E-state index in [9.17, 15) is 14.4 Å². The van der Waals surface area contributed by atoms with Crippen molar-refractivity contribution in [3.63, 3.8) is 0 Å². The minimum Gasteiger partial charge on any atom is -0.490 e. The highest BCUT2D eigenvalue weighted by Crippen LogP contribution is 2.47. The van der Waals surface area contributed by atoms with E-state index in [1.165, 1.54) is 0 Å². The van der Waals surface area contributed by atoms with E-state index in [1.54, 1.807) is 24.3 Å². The number of allylic oxidation sites excluding steroid dienone is 4. The first kappa shape index (κ1) is 25.5. The first-order chi connectivity index (χ1) is 17.9. The molecular weight excluding hydrogens is 585 g/mol. The zero-order chi connectivity index (χ0) is 26.1. The number of carbonyl (C=O) groups excluding carboxylic acids is 2. The van der Waals surface area contributed by atoms with Crippen LogP contribution in [-0.4, -0.2) is 29.2 Å². The average molecular weight is 613 g/mol. The van der Waals surface area contributed by atoms with E-state index >= 15 is 0 Å². The highest BCUT2D eigenvalue weighted by molar-refractivity contribution is 14.1. The Balaban J connectivity index is 1.52. The molecule has 7 nitrogen and oxygen atoms in total. The lowest BCUT2D eigenvalue weighted by Crippen LogP contribution is -2.36. The van der Waals surface area contributed by atoms with Crippen LogP contribution in [0.15, 0.2) is 58.9 Å². The second kappa shape index (κ2) is 10.7. The summed E-state index contributed by atoms with van der Waals surface area (Å²) in [6, 6.07) is 10.4. The first-order valence-corrected chi connectivity index (χ1v) is 13.7. The molecule has 3 aliphatic rings. The minimum absolute atomic E-state index is 0.0989. The molecule has 192 valence electrons. The van der Waals surface area contributed by atoms with Crippen molar-refractivity contribution in [2.45, 2.75) is 58.0 Å². The third kappa shape index (κ3) is 5.03. The fourth-order valence-electron chi connectivity index (χ4n) is 5.37. The number of carboxylic acids is 1. The Kier molecular flexibility index (Phi) is 7.37. The molecule has 1 aliphatic heterocycles. The van der Waals surface area contributed by atoms with Gasteiger partial charge in [-0.05, 0) is 90.6 Å². The largest absolute Gasteiger partial charge is 0.490 e. The molecule has 0 unspecified atom stereocenters. The number of benzene rings is 2. The molecule has 0 spiro atoms. The highest BCUT2D eigenvalue weighted by Gasteiger charge is 2.40. The van der Waals surface area contributed by atoms with Crippen molar-refractivity contribution in [1.29, 1.82) is 0 Å². The third-order valence-electron chi connectivity index (χ3n) is 7.04. The number of rotatable bonds is 7. The van der Waals surface area contributed by atoms with E-state index in [0.29, 0.717) is 42.1 Å². The van der Waals surface area contributed by atoms with Gasteiger partial charge in [0, 0.05) is 41.3 Å². The number of Topliss-reactive ketones (excluding diaryl/α,β-unsaturated/α-hetero) is 2.